The van der Waals surface area contributed by atoms with Crippen LogP contribution in [0.1, 0.15) is 16.7 Å². The van der Waals surface area contributed by atoms with Crippen molar-refractivity contribution in [3.8, 4) is 5.75 Å². The highest BCUT2D eigenvalue weighted by molar-refractivity contribution is 5.92. The topological polar surface area (TPSA) is 38.3 Å². The number of para-hydroxylation sites is 1. The third-order valence-electron chi connectivity index (χ3n) is 3.11. The third-order valence-corrected chi connectivity index (χ3v) is 3.11. The van der Waals surface area contributed by atoms with Gasteiger partial charge < -0.3 is 10.1 Å². The van der Waals surface area contributed by atoms with Crippen LogP contribution in [0.15, 0.2) is 42.5 Å². The third kappa shape index (κ3) is 3.60. The van der Waals surface area contributed by atoms with Crippen molar-refractivity contribution in [2.24, 2.45) is 0 Å². The van der Waals surface area contributed by atoms with E-state index in [0.717, 1.165) is 22.6 Å². The zero-order chi connectivity index (χ0) is 14.5. The van der Waals surface area contributed by atoms with Gasteiger partial charge >= 0.3 is 0 Å². The summed E-state index contributed by atoms with van der Waals surface area (Å²) in [7, 11) is 0. The Hall–Kier alpha value is -2.29. The van der Waals surface area contributed by atoms with Crippen LogP contribution in [0.25, 0.3) is 0 Å². The number of hydrogen-bond donors (Lipinski definition) is 1. The van der Waals surface area contributed by atoms with Crippen molar-refractivity contribution in [2.45, 2.75) is 20.8 Å². The van der Waals surface area contributed by atoms with Gasteiger partial charge in [0.25, 0.3) is 5.91 Å². The van der Waals surface area contributed by atoms with E-state index in [-0.39, 0.29) is 12.5 Å². The van der Waals surface area contributed by atoms with E-state index in [0.29, 0.717) is 0 Å². The van der Waals surface area contributed by atoms with Crippen molar-refractivity contribution in [1.29, 1.82) is 0 Å². The smallest absolute Gasteiger partial charge is 0.262 e. The van der Waals surface area contributed by atoms with Crippen LogP contribution >= 0.6 is 0 Å². The predicted octanol–water partition coefficient (Wildman–Crippen LogP) is 3.63. The zero-order valence-electron chi connectivity index (χ0n) is 12.1. The van der Waals surface area contributed by atoms with Gasteiger partial charge in [0.05, 0.1) is 0 Å². The normalized spacial score (nSPS) is 10.2. The molecule has 0 aliphatic carbocycles. The molecule has 3 heteroatoms. The molecule has 1 amide bonds. The quantitative estimate of drug-likeness (QED) is 0.920. The van der Waals surface area contributed by atoms with E-state index in [9.17, 15) is 4.79 Å². The first-order valence-electron chi connectivity index (χ1n) is 6.62. The number of nitrogens with one attached hydrogen (secondary N) is 1. The van der Waals surface area contributed by atoms with E-state index in [1.54, 1.807) is 0 Å². The molecule has 20 heavy (non-hydrogen) atoms. The number of rotatable bonds is 4. The van der Waals surface area contributed by atoms with Gasteiger partial charge in [-0.3, -0.25) is 4.79 Å². The predicted molar refractivity (Wildman–Crippen MR) is 81.2 cm³/mol. The number of carbonyl (C=O) groups excluding carboxylic acids is 1. The van der Waals surface area contributed by atoms with Crippen LogP contribution in [-0.4, -0.2) is 12.5 Å². The highest BCUT2D eigenvalue weighted by Gasteiger charge is 2.06. The Balaban J connectivity index is 1.94. The van der Waals surface area contributed by atoms with Crippen molar-refractivity contribution >= 4 is 11.6 Å². The Labute approximate surface area is 119 Å². The second kappa shape index (κ2) is 6.24. The maximum atomic E-state index is 11.9. The van der Waals surface area contributed by atoms with E-state index in [1.807, 2.05) is 63.2 Å². The summed E-state index contributed by atoms with van der Waals surface area (Å²) in [5, 5.41) is 2.86. The molecule has 0 aliphatic rings. The van der Waals surface area contributed by atoms with Gasteiger partial charge in [0, 0.05) is 5.69 Å². The van der Waals surface area contributed by atoms with E-state index >= 15 is 0 Å². The van der Waals surface area contributed by atoms with E-state index in [1.165, 1.54) is 5.56 Å². The molecule has 0 saturated heterocycles. The molecule has 0 unspecified atom stereocenters. The van der Waals surface area contributed by atoms with Gasteiger partial charge in [-0.1, -0.05) is 35.9 Å². The molecule has 3 nitrogen and oxygen atoms in total. The Morgan fingerprint density at radius 3 is 2.50 bits per heavy atom. The molecule has 1 N–H and O–H groups in total. The second-order valence-corrected chi connectivity index (χ2v) is 4.92. The molecule has 0 radical (unpaired) electrons. The molecule has 0 fully saturated rings. The summed E-state index contributed by atoms with van der Waals surface area (Å²) in [5.41, 5.74) is 4.08. The number of ether oxygens (including phenoxy) is 1. The molecular formula is C17H19NO2. The lowest BCUT2D eigenvalue weighted by atomic mass is 10.1. The SMILES string of the molecule is Cc1ccc(NC(=O)COc2ccccc2C)c(C)c1. The first-order valence-corrected chi connectivity index (χ1v) is 6.62. The van der Waals surface area contributed by atoms with Crippen LogP contribution in [-0.2, 0) is 4.79 Å². The molecular weight excluding hydrogens is 250 g/mol. The molecule has 2 aromatic rings. The van der Waals surface area contributed by atoms with Crippen molar-refractivity contribution in [3.63, 3.8) is 0 Å². The number of carbonyl (C=O) groups is 1. The molecule has 2 aromatic carbocycles. The highest BCUT2D eigenvalue weighted by Crippen LogP contribution is 2.17. The molecule has 0 aliphatic heterocycles. The van der Waals surface area contributed by atoms with Gasteiger partial charge in [-0.15, -0.1) is 0 Å². The largest absolute Gasteiger partial charge is 0.483 e. The minimum atomic E-state index is -0.153. The van der Waals surface area contributed by atoms with Crippen molar-refractivity contribution in [1.82, 2.24) is 0 Å². The molecule has 2 rings (SSSR count). The van der Waals surface area contributed by atoms with Crippen molar-refractivity contribution < 1.29 is 9.53 Å². The minimum absolute atomic E-state index is 0.0121. The first kappa shape index (κ1) is 14.1. The van der Waals surface area contributed by atoms with Gasteiger partial charge in [0.1, 0.15) is 5.75 Å². The van der Waals surface area contributed by atoms with E-state index in [4.69, 9.17) is 4.74 Å². The molecule has 0 saturated carbocycles. The number of amides is 1. The fourth-order valence-electron chi connectivity index (χ4n) is 2.00. The summed E-state index contributed by atoms with van der Waals surface area (Å²) < 4.78 is 5.52. The maximum Gasteiger partial charge on any atom is 0.262 e. The zero-order valence-corrected chi connectivity index (χ0v) is 12.1. The lowest BCUT2D eigenvalue weighted by Gasteiger charge is -2.11. The maximum absolute atomic E-state index is 11.9. The van der Waals surface area contributed by atoms with Crippen LogP contribution in [0.5, 0.6) is 5.75 Å². The molecule has 0 spiro atoms. The van der Waals surface area contributed by atoms with E-state index < -0.39 is 0 Å². The molecule has 0 heterocycles. The van der Waals surface area contributed by atoms with Crippen LogP contribution in [0.2, 0.25) is 0 Å². The first-order chi connectivity index (χ1) is 9.56. The fraction of sp³-hybridized carbons (Fsp3) is 0.235. The van der Waals surface area contributed by atoms with Crippen LogP contribution in [0.3, 0.4) is 0 Å². The lowest BCUT2D eigenvalue weighted by molar-refractivity contribution is -0.118. The van der Waals surface area contributed by atoms with Gasteiger partial charge in [-0.2, -0.15) is 0 Å². The number of aryl methyl sites for hydroxylation is 3. The van der Waals surface area contributed by atoms with Gasteiger partial charge in [-0.25, -0.2) is 0 Å². The van der Waals surface area contributed by atoms with Gasteiger partial charge in [0.2, 0.25) is 0 Å². The summed E-state index contributed by atoms with van der Waals surface area (Å²) >= 11 is 0. The number of benzene rings is 2. The summed E-state index contributed by atoms with van der Waals surface area (Å²) in [6.45, 7) is 5.97. The summed E-state index contributed by atoms with van der Waals surface area (Å²) in [5.74, 6) is 0.587. The average molecular weight is 269 g/mol. The molecule has 104 valence electrons. The van der Waals surface area contributed by atoms with Gasteiger partial charge in [0.15, 0.2) is 6.61 Å². The van der Waals surface area contributed by atoms with Gasteiger partial charge in [-0.05, 0) is 44.0 Å². The Kier molecular flexibility index (Phi) is 4.41. The summed E-state index contributed by atoms with van der Waals surface area (Å²) in [6, 6.07) is 13.6. The second-order valence-electron chi connectivity index (χ2n) is 4.92. The molecule has 0 atom stereocenters. The fourth-order valence-corrected chi connectivity index (χ4v) is 2.00. The Morgan fingerprint density at radius 2 is 1.80 bits per heavy atom. The Bertz CT molecular complexity index is 620. The lowest BCUT2D eigenvalue weighted by Crippen LogP contribution is -2.20. The number of hydrogen-bond acceptors (Lipinski definition) is 2. The van der Waals surface area contributed by atoms with Crippen LogP contribution < -0.4 is 10.1 Å². The van der Waals surface area contributed by atoms with Crippen LogP contribution in [0.4, 0.5) is 5.69 Å². The minimum Gasteiger partial charge on any atom is -0.483 e. The van der Waals surface area contributed by atoms with Crippen molar-refractivity contribution in [2.75, 3.05) is 11.9 Å². The monoisotopic (exact) mass is 269 g/mol. The van der Waals surface area contributed by atoms with Crippen molar-refractivity contribution in [3.05, 3.63) is 59.2 Å². The Morgan fingerprint density at radius 1 is 1.05 bits per heavy atom. The average Bonchev–Trinajstić information content (AvgIpc) is 2.41. The van der Waals surface area contributed by atoms with Crippen LogP contribution in [0, 0.1) is 20.8 Å². The molecule has 0 bridgehead atoms. The molecule has 0 aromatic heterocycles. The summed E-state index contributed by atoms with van der Waals surface area (Å²) in [6.07, 6.45) is 0. The summed E-state index contributed by atoms with van der Waals surface area (Å²) in [4.78, 5) is 11.9. The standard InChI is InChI=1S/C17H19NO2/c1-12-8-9-15(14(3)10-12)18-17(19)11-20-16-7-5-4-6-13(16)2/h4-10H,11H2,1-3H3,(H,18,19). The number of anilines is 1. The van der Waals surface area contributed by atoms with E-state index in [2.05, 4.69) is 5.32 Å². The highest BCUT2D eigenvalue weighted by atomic mass is 16.5.